The first-order valence-electron chi connectivity index (χ1n) is 9.64. The van der Waals surface area contributed by atoms with E-state index < -0.39 is 5.60 Å². The number of aliphatic hydroxyl groups is 1. The van der Waals surface area contributed by atoms with Crippen molar-refractivity contribution in [2.75, 3.05) is 25.5 Å². The maximum Gasteiger partial charge on any atom is 0.323 e. The number of piperidine rings is 1. The highest BCUT2D eigenvalue weighted by Crippen LogP contribution is 2.38. The van der Waals surface area contributed by atoms with Crippen LogP contribution < -0.4 is 10.1 Å². The van der Waals surface area contributed by atoms with Gasteiger partial charge < -0.3 is 14.7 Å². The number of ether oxygens (including phenoxy) is 1. The number of aromatic nitrogens is 2. The number of hydrogen-bond donors (Lipinski definition) is 2. The van der Waals surface area contributed by atoms with E-state index in [0.29, 0.717) is 48.9 Å². The number of amides is 2. The third-order valence-electron chi connectivity index (χ3n) is 5.29. The molecular formula is C22H22N4O3S. The molecule has 0 unspecified atom stereocenters. The van der Waals surface area contributed by atoms with Crippen molar-refractivity contribution in [3.8, 4) is 29.4 Å². The van der Waals surface area contributed by atoms with Gasteiger partial charge in [0.2, 0.25) is 5.88 Å². The van der Waals surface area contributed by atoms with Gasteiger partial charge in [-0.3, -0.25) is 5.32 Å². The minimum atomic E-state index is -0.884. The molecule has 4 rings (SSSR count). The summed E-state index contributed by atoms with van der Waals surface area (Å²) in [6.45, 7) is 0.879. The van der Waals surface area contributed by atoms with Crippen molar-refractivity contribution < 1.29 is 14.6 Å². The second-order valence-electron chi connectivity index (χ2n) is 7.27. The van der Waals surface area contributed by atoms with Crippen molar-refractivity contribution in [1.29, 1.82) is 0 Å². The van der Waals surface area contributed by atoms with Crippen LogP contribution in [0.1, 0.15) is 19.3 Å². The van der Waals surface area contributed by atoms with Crippen LogP contribution in [0.5, 0.6) is 5.88 Å². The van der Waals surface area contributed by atoms with Gasteiger partial charge in [0.15, 0.2) is 5.13 Å². The summed E-state index contributed by atoms with van der Waals surface area (Å²) in [5.74, 6) is 2.93. The van der Waals surface area contributed by atoms with Crippen LogP contribution in [-0.4, -0.2) is 51.8 Å². The fourth-order valence-corrected chi connectivity index (χ4v) is 4.56. The Labute approximate surface area is 178 Å². The Balaban J connectivity index is 1.57. The van der Waals surface area contributed by atoms with Gasteiger partial charge in [-0.25, -0.2) is 14.8 Å². The van der Waals surface area contributed by atoms with E-state index in [4.69, 9.17) is 11.2 Å². The van der Waals surface area contributed by atoms with Crippen LogP contribution in [0.15, 0.2) is 36.5 Å². The van der Waals surface area contributed by atoms with Crippen molar-refractivity contribution in [3.63, 3.8) is 0 Å². The van der Waals surface area contributed by atoms with Gasteiger partial charge in [0, 0.05) is 31.3 Å². The predicted octanol–water partition coefficient (Wildman–Crippen LogP) is 3.75. The molecule has 2 amide bonds. The van der Waals surface area contributed by atoms with Gasteiger partial charge in [-0.2, -0.15) is 0 Å². The van der Waals surface area contributed by atoms with Crippen LogP contribution >= 0.6 is 11.3 Å². The van der Waals surface area contributed by atoms with Crippen molar-refractivity contribution in [1.82, 2.24) is 14.9 Å². The average molecular weight is 423 g/mol. The lowest BCUT2D eigenvalue weighted by molar-refractivity contribution is -0.00643. The molecule has 3 aromatic rings. The van der Waals surface area contributed by atoms with E-state index in [-0.39, 0.29) is 6.03 Å². The molecule has 1 aliphatic rings. The Bertz CT molecular complexity index is 1100. The van der Waals surface area contributed by atoms with Crippen LogP contribution in [-0.2, 0) is 0 Å². The fourth-order valence-electron chi connectivity index (χ4n) is 3.58. The van der Waals surface area contributed by atoms with E-state index in [9.17, 15) is 9.90 Å². The number of rotatable bonds is 4. The molecule has 0 radical (unpaired) electrons. The van der Waals surface area contributed by atoms with E-state index in [0.717, 1.165) is 15.8 Å². The Morgan fingerprint density at radius 1 is 1.37 bits per heavy atom. The number of methoxy groups -OCH3 is 1. The largest absolute Gasteiger partial charge is 0.479 e. The lowest BCUT2D eigenvalue weighted by atomic mass is 9.89. The molecule has 0 bridgehead atoms. The molecule has 2 aromatic heterocycles. The third-order valence-corrected chi connectivity index (χ3v) is 6.29. The lowest BCUT2D eigenvalue weighted by Crippen LogP contribution is -2.47. The molecule has 7 nitrogen and oxygen atoms in total. The van der Waals surface area contributed by atoms with Crippen molar-refractivity contribution in [2.45, 2.75) is 24.9 Å². The first-order valence-corrected chi connectivity index (χ1v) is 10.5. The number of benzene rings is 1. The minimum Gasteiger partial charge on any atom is -0.479 e. The van der Waals surface area contributed by atoms with Crippen LogP contribution in [0.4, 0.5) is 9.93 Å². The molecule has 1 aromatic carbocycles. The molecule has 8 heteroatoms. The normalized spacial score (nSPS) is 15.6. The maximum atomic E-state index is 12.7. The lowest BCUT2D eigenvalue weighted by Gasteiger charge is -2.36. The number of nitrogens with one attached hydrogen (secondary N) is 1. The number of pyridine rings is 1. The Hall–Kier alpha value is -3.15. The summed E-state index contributed by atoms with van der Waals surface area (Å²) in [6, 6.07) is 9.65. The zero-order chi connectivity index (χ0) is 21.1. The van der Waals surface area contributed by atoms with Crippen LogP contribution in [0.25, 0.3) is 21.3 Å². The molecule has 1 saturated heterocycles. The summed E-state index contributed by atoms with van der Waals surface area (Å²) in [7, 11) is 1.55. The molecule has 3 heterocycles. The molecule has 0 saturated carbocycles. The number of anilines is 1. The second kappa shape index (κ2) is 8.30. The van der Waals surface area contributed by atoms with Crippen LogP contribution in [0.2, 0.25) is 0 Å². The van der Waals surface area contributed by atoms with E-state index in [1.807, 2.05) is 30.3 Å². The van der Waals surface area contributed by atoms with Gasteiger partial charge in [0.05, 0.1) is 17.4 Å². The molecule has 0 aliphatic carbocycles. The highest BCUT2D eigenvalue weighted by atomic mass is 32.1. The standard InChI is InChI=1S/C22H22N4O3S/c1-3-9-22(28)10-12-26(13-11-22)21(27)25-20-24-17-18(30-20)16(14-23-19(17)29-2)15-7-5-4-6-8-15/h1,4-8,14,28H,9-13H2,2H3,(H,24,25,27). The van der Waals surface area contributed by atoms with Gasteiger partial charge in [0.25, 0.3) is 0 Å². The predicted molar refractivity (Wildman–Crippen MR) is 118 cm³/mol. The fraction of sp³-hybridized carbons (Fsp3) is 0.318. The van der Waals surface area contributed by atoms with Crippen molar-refractivity contribution in [3.05, 3.63) is 36.5 Å². The number of nitrogens with zero attached hydrogens (tertiary/aromatic N) is 3. The number of carbonyl (C=O) groups is 1. The molecule has 1 fully saturated rings. The molecule has 1 aliphatic heterocycles. The van der Waals surface area contributed by atoms with E-state index >= 15 is 0 Å². The number of hydrogen-bond acceptors (Lipinski definition) is 6. The summed E-state index contributed by atoms with van der Waals surface area (Å²) >= 11 is 1.38. The summed E-state index contributed by atoms with van der Waals surface area (Å²) in [5, 5.41) is 13.8. The molecular weight excluding hydrogens is 400 g/mol. The molecule has 2 N–H and O–H groups in total. The van der Waals surface area contributed by atoms with Gasteiger partial charge in [-0.1, -0.05) is 41.7 Å². The molecule has 0 spiro atoms. The van der Waals surface area contributed by atoms with Crippen molar-refractivity contribution in [2.24, 2.45) is 0 Å². The SMILES string of the molecule is C#CCC1(O)CCN(C(=O)Nc2nc3c(OC)ncc(-c4ccccc4)c3s2)CC1. The van der Waals surface area contributed by atoms with E-state index in [1.165, 1.54) is 11.3 Å². The Kier molecular flexibility index (Phi) is 5.57. The quantitative estimate of drug-likeness (QED) is 0.626. The molecule has 0 atom stereocenters. The first kappa shape index (κ1) is 20.1. The number of terminal acetylenes is 1. The third kappa shape index (κ3) is 3.95. The highest BCUT2D eigenvalue weighted by Gasteiger charge is 2.33. The van der Waals surface area contributed by atoms with Gasteiger partial charge in [-0.15, -0.1) is 12.3 Å². The Morgan fingerprint density at radius 2 is 2.10 bits per heavy atom. The zero-order valence-electron chi connectivity index (χ0n) is 16.6. The topological polar surface area (TPSA) is 87.6 Å². The molecule has 30 heavy (non-hydrogen) atoms. The number of urea groups is 1. The van der Waals surface area contributed by atoms with E-state index in [1.54, 1.807) is 18.2 Å². The first-order chi connectivity index (χ1) is 14.5. The van der Waals surface area contributed by atoms with E-state index in [2.05, 4.69) is 21.2 Å². The van der Waals surface area contributed by atoms with Crippen molar-refractivity contribution >= 4 is 32.7 Å². The van der Waals surface area contributed by atoms with Crippen LogP contribution in [0, 0.1) is 12.3 Å². The Morgan fingerprint density at radius 3 is 2.77 bits per heavy atom. The molecule has 154 valence electrons. The second-order valence-corrected chi connectivity index (χ2v) is 8.27. The van der Waals surface area contributed by atoms with Crippen LogP contribution in [0.3, 0.4) is 0 Å². The summed E-state index contributed by atoms with van der Waals surface area (Å²) < 4.78 is 6.26. The summed E-state index contributed by atoms with van der Waals surface area (Å²) in [4.78, 5) is 23.3. The monoisotopic (exact) mass is 422 g/mol. The smallest absolute Gasteiger partial charge is 0.323 e. The van der Waals surface area contributed by atoms with Gasteiger partial charge in [0.1, 0.15) is 5.52 Å². The number of likely N-dealkylation sites (tertiary alicyclic amines) is 1. The van der Waals surface area contributed by atoms with Gasteiger partial charge in [-0.05, 0) is 18.4 Å². The van der Waals surface area contributed by atoms with Gasteiger partial charge >= 0.3 is 6.03 Å². The summed E-state index contributed by atoms with van der Waals surface area (Å²) in [6.07, 6.45) is 8.31. The number of thiazole rings is 1. The zero-order valence-corrected chi connectivity index (χ0v) is 17.4. The average Bonchev–Trinajstić information content (AvgIpc) is 3.17. The maximum absolute atomic E-state index is 12.7. The number of fused-ring (bicyclic) bond motifs is 1. The number of carbonyl (C=O) groups excluding carboxylic acids is 1. The summed E-state index contributed by atoms with van der Waals surface area (Å²) in [5.41, 5.74) is 1.68. The highest BCUT2D eigenvalue weighted by molar-refractivity contribution is 7.23. The minimum absolute atomic E-state index is 0.245.